The number of carboxylic acids is 1. The van der Waals surface area contributed by atoms with Crippen LogP contribution in [0.3, 0.4) is 0 Å². The minimum atomic E-state index is -0.996. The van der Waals surface area contributed by atoms with E-state index in [1.807, 2.05) is 0 Å². The molecule has 1 aromatic heterocycles. The predicted octanol–water partition coefficient (Wildman–Crippen LogP) is 0.538. The number of carboxylic acid groups (broad SMARTS) is 1. The van der Waals surface area contributed by atoms with Crippen molar-refractivity contribution in [2.45, 2.75) is 19.4 Å². The summed E-state index contributed by atoms with van der Waals surface area (Å²) in [7, 11) is 3.02. The fourth-order valence-corrected chi connectivity index (χ4v) is 1.56. The summed E-state index contributed by atoms with van der Waals surface area (Å²) in [6.45, 7) is 1.78. The number of methoxy groups -OCH3 is 1. The number of aliphatic carboxylic acids is 1. The van der Waals surface area contributed by atoms with Gasteiger partial charge >= 0.3 is 11.8 Å². The Balaban J connectivity index is 2.81. The van der Waals surface area contributed by atoms with Crippen molar-refractivity contribution in [3.05, 3.63) is 15.9 Å². The minimum absolute atomic E-state index is 0.141. The molecule has 0 amide bonds. The lowest BCUT2D eigenvalue weighted by Crippen LogP contribution is -2.26. The van der Waals surface area contributed by atoms with Gasteiger partial charge in [-0.05, 0) is 9.91 Å². The van der Waals surface area contributed by atoms with E-state index in [0.29, 0.717) is 5.82 Å². The Bertz CT molecular complexity index is 485. The van der Waals surface area contributed by atoms with Crippen LogP contribution in [0.1, 0.15) is 12.2 Å². The van der Waals surface area contributed by atoms with Crippen molar-refractivity contribution in [2.24, 2.45) is 7.05 Å². The van der Waals surface area contributed by atoms with Gasteiger partial charge in [-0.15, -0.1) is 0 Å². The number of carbonyl (C=O) groups is 1. The van der Waals surface area contributed by atoms with Crippen LogP contribution < -0.4 is 5.32 Å². The Labute approximate surface area is 109 Å². The van der Waals surface area contributed by atoms with Crippen LogP contribution in [0.25, 0.3) is 0 Å². The zero-order chi connectivity index (χ0) is 14.6. The molecule has 0 radical (unpaired) electrons. The first-order valence-electron chi connectivity index (χ1n) is 5.53. The highest BCUT2D eigenvalue weighted by Crippen LogP contribution is 2.23. The standard InChI is InChI=1S/C10H16N4O5/c1-6-12-10(14(17)18)9(13(6)2)11-5-7(19-3)4-8(15)16/h7,11H,4-5H2,1-3H3,(H,15,16). The molecule has 0 fully saturated rings. The second kappa shape index (κ2) is 6.14. The molecule has 0 aliphatic rings. The zero-order valence-corrected chi connectivity index (χ0v) is 10.9. The lowest BCUT2D eigenvalue weighted by Gasteiger charge is -2.14. The number of aryl methyl sites for hydroxylation is 1. The van der Waals surface area contributed by atoms with Crippen LogP contribution in [0.5, 0.6) is 0 Å². The maximum atomic E-state index is 10.8. The van der Waals surface area contributed by atoms with Crippen LogP contribution in [-0.4, -0.2) is 45.3 Å². The van der Waals surface area contributed by atoms with Crippen LogP contribution in [0.4, 0.5) is 11.6 Å². The molecule has 1 rings (SSSR count). The van der Waals surface area contributed by atoms with Gasteiger partial charge in [0.15, 0.2) is 0 Å². The summed E-state index contributed by atoms with van der Waals surface area (Å²) in [5.41, 5.74) is 0. The van der Waals surface area contributed by atoms with Gasteiger partial charge in [0.2, 0.25) is 11.6 Å². The summed E-state index contributed by atoms with van der Waals surface area (Å²) >= 11 is 0. The zero-order valence-electron chi connectivity index (χ0n) is 10.9. The number of rotatable bonds is 7. The van der Waals surface area contributed by atoms with E-state index in [4.69, 9.17) is 9.84 Å². The summed E-state index contributed by atoms with van der Waals surface area (Å²) in [5, 5.41) is 22.3. The second-order valence-electron chi connectivity index (χ2n) is 3.98. The first kappa shape index (κ1) is 14.9. The lowest BCUT2D eigenvalue weighted by atomic mass is 10.2. The number of aromatic nitrogens is 2. The van der Waals surface area contributed by atoms with Crippen molar-refractivity contribution in [1.29, 1.82) is 0 Å². The largest absolute Gasteiger partial charge is 0.481 e. The molecule has 0 aliphatic carbocycles. The Hall–Kier alpha value is -2.16. The highest BCUT2D eigenvalue weighted by atomic mass is 16.6. The van der Waals surface area contributed by atoms with Crippen molar-refractivity contribution in [3.63, 3.8) is 0 Å². The molecule has 1 atom stereocenters. The second-order valence-corrected chi connectivity index (χ2v) is 3.98. The number of anilines is 1. The minimum Gasteiger partial charge on any atom is -0.481 e. The normalized spacial score (nSPS) is 12.2. The quantitative estimate of drug-likeness (QED) is 0.549. The molecule has 2 N–H and O–H groups in total. The third kappa shape index (κ3) is 3.65. The number of imidazole rings is 1. The van der Waals surface area contributed by atoms with E-state index < -0.39 is 17.0 Å². The fraction of sp³-hybridized carbons (Fsp3) is 0.600. The average Bonchev–Trinajstić information content (AvgIpc) is 2.61. The van der Waals surface area contributed by atoms with Gasteiger partial charge in [0, 0.05) is 27.6 Å². The van der Waals surface area contributed by atoms with Gasteiger partial charge < -0.3 is 25.3 Å². The molecule has 106 valence electrons. The Morgan fingerprint density at radius 2 is 2.32 bits per heavy atom. The third-order valence-electron chi connectivity index (χ3n) is 2.71. The van der Waals surface area contributed by atoms with E-state index in [9.17, 15) is 14.9 Å². The number of nitrogens with one attached hydrogen (secondary N) is 1. The van der Waals surface area contributed by atoms with Crippen molar-refractivity contribution >= 4 is 17.6 Å². The summed E-state index contributed by atoms with van der Waals surface area (Å²) in [4.78, 5) is 24.7. The monoisotopic (exact) mass is 272 g/mol. The number of nitrogens with zero attached hydrogens (tertiary/aromatic N) is 3. The molecular formula is C10H16N4O5. The lowest BCUT2D eigenvalue weighted by molar-refractivity contribution is -0.388. The van der Waals surface area contributed by atoms with Crippen molar-refractivity contribution in [2.75, 3.05) is 19.0 Å². The topological polar surface area (TPSA) is 120 Å². The van der Waals surface area contributed by atoms with Gasteiger partial charge in [-0.3, -0.25) is 9.36 Å². The Morgan fingerprint density at radius 1 is 1.68 bits per heavy atom. The number of ether oxygens (including phenoxy) is 1. The average molecular weight is 272 g/mol. The third-order valence-corrected chi connectivity index (χ3v) is 2.71. The molecule has 9 nitrogen and oxygen atoms in total. The number of nitro groups is 1. The number of hydrogen-bond donors (Lipinski definition) is 2. The first-order chi connectivity index (χ1) is 8.86. The van der Waals surface area contributed by atoms with E-state index in [2.05, 4.69) is 10.3 Å². The maximum Gasteiger partial charge on any atom is 0.406 e. The maximum absolute atomic E-state index is 10.8. The van der Waals surface area contributed by atoms with E-state index in [-0.39, 0.29) is 24.6 Å². The van der Waals surface area contributed by atoms with Crippen LogP contribution in [-0.2, 0) is 16.6 Å². The van der Waals surface area contributed by atoms with E-state index in [1.54, 1.807) is 14.0 Å². The van der Waals surface area contributed by atoms with Crippen molar-refractivity contribution in [3.8, 4) is 0 Å². The van der Waals surface area contributed by atoms with Gasteiger partial charge in [-0.25, -0.2) is 0 Å². The summed E-state index contributed by atoms with van der Waals surface area (Å²) < 4.78 is 6.52. The smallest absolute Gasteiger partial charge is 0.406 e. The fourth-order valence-electron chi connectivity index (χ4n) is 1.56. The van der Waals surface area contributed by atoms with Gasteiger partial charge in [0.1, 0.15) is 0 Å². The highest BCUT2D eigenvalue weighted by molar-refractivity contribution is 5.67. The molecule has 0 aliphatic heterocycles. The van der Waals surface area contributed by atoms with E-state index in [0.717, 1.165) is 0 Å². The van der Waals surface area contributed by atoms with Gasteiger partial charge in [0.05, 0.1) is 12.5 Å². The highest BCUT2D eigenvalue weighted by Gasteiger charge is 2.24. The van der Waals surface area contributed by atoms with Gasteiger partial charge in [-0.2, -0.15) is 0 Å². The van der Waals surface area contributed by atoms with Crippen LogP contribution in [0.15, 0.2) is 0 Å². The van der Waals surface area contributed by atoms with Crippen LogP contribution in [0.2, 0.25) is 0 Å². The summed E-state index contributed by atoms with van der Waals surface area (Å²) in [6, 6.07) is 0. The molecule has 0 bridgehead atoms. The molecule has 0 aromatic carbocycles. The van der Waals surface area contributed by atoms with E-state index >= 15 is 0 Å². The van der Waals surface area contributed by atoms with Gasteiger partial charge in [-0.1, -0.05) is 0 Å². The Kier molecular flexibility index (Phi) is 4.81. The van der Waals surface area contributed by atoms with Crippen LogP contribution in [0, 0.1) is 17.0 Å². The molecular weight excluding hydrogens is 256 g/mol. The van der Waals surface area contributed by atoms with Gasteiger partial charge in [0.25, 0.3) is 0 Å². The van der Waals surface area contributed by atoms with Crippen LogP contribution >= 0.6 is 0 Å². The molecule has 1 aromatic rings. The SMILES string of the molecule is COC(CNc1c([N+](=O)[O-])nc(C)n1C)CC(=O)O. The van der Waals surface area contributed by atoms with Crippen molar-refractivity contribution < 1.29 is 19.6 Å². The first-order valence-corrected chi connectivity index (χ1v) is 5.53. The molecule has 19 heavy (non-hydrogen) atoms. The molecule has 9 heteroatoms. The number of hydrogen-bond acceptors (Lipinski definition) is 6. The molecule has 1 heterocycles. The van der Waals surface area contributed by atoms with Crippen molar-refractivity contribution in [1.82, 2.24) is 9.55 Å². The summed E-state index contributed by atoms with van der Waals surface area (Å²) in [6.07, 6.45) is -0.763. The molecule has 0 saturated heterocycles. The molecule has 1 unspecified atom stereocenters. The molecule has 0 spiro atoms. The summed E-state index contributed by atoms with van der Waals surface area (Å²) in [5.74, 6) is -0.564. The Morgan fingerprint density at radius 3 is 2.79 bits per heavy atom. The predicted molar refractivity (Wildman–Crippen MR) is 66.1 cm³/mol. The molecule has 0 saturated carbocycles. The van der Waals surface area contributed by atoms with E-state index in [1.165, 1.54) is 11.7 Å².